The van der Waals surface area contributed by atoms with E-state index in [-0.39, 0.29) is 32.7 Å². The fourth-order valence-electron chi connectivity index (χ4n) is 1.82. The second kappa shape index (κ2) is 6.37. The van der Waals surface area contributed by atoms with Gasteiger partial charge in [0.25, 0.3) is 0 Å². The van der Waals surface area contributed by atoms with Gasteiger partial charge >= 0.3 is 5.97 Å². The first-order valence-electron chi connectivity index (χ1n) is 6.16. The lowest BCUT2D eigenvalue weighted by Crippen LogP contribution is -2.06. The number of hydrogen-bond donors (Lipinski definition) is 2. The molecular weight excluding hydrogens is 334 g/mol. The summed E-state index contributed by atoms with van der Waals surface area (Å²) in [6.45, 7) is 2.09. The van der Waals surface area contributed by atoms with Crippen LogP contribution in [0.5, 0.6) is 5.75 Å². The van der Waals surface area contributed by atoms with Crippen LogP contribution in [0, 0.1) is 5.82 Å². The van der Waals surface area contributed by atoms with Crippen LogP contribution in [-0.4, -0.2) is 22.7 Å². The summed E-state index contributed by atoms with van der Waals surface area (Å²) in [6.07, 6.45) is 0. The standard InChI is InChI=1S/C14H11Cl2FN2O3/c1-2-22-11-3-6(8(17)4-7(11)15)10-5-9(18)12(16)13(19-10)14(20)21/h3-5H,2H2,1H3,(H2,18,19)(H,20,21). The molecule has 1 aromatic carbocycles. The molecule has 0 unspecified atom stereocenters. The van der Waals surface area contributed by atoms with E-state index in [1.54, 1.807) is 6.92 Å². The van der Waals surface area contributed by atoms with Crippen LogP contribution in [-0.2, 0) is 0 Å². The number of carboxylic acid groups (broad SMARTS) is 1. The zero-order valence-corrected chi connectivity index (χ0v) is 12.9. The highest BCUT2D eigenvalue weighted by Gasteiger charge is 2.19. The molecule has 0 radical (unpaired) electrons. The molecule has 0 fully saturated rings. The van der Waals surface area contributed by atoms with Crippen LogP contribution in [0.15, 0.2) is 18.2 Å². The molecular formula is C14H11Cl2FN2O3. The van der Waals surface area contributed by atoms with Gasteiger partial charge in [-0.1, -0.05) is 23.2 Å². The molecule has 3 N–H and O–H groups in total. The number of carbonyl (C=O) groups is 1. The molecule has 116 valence electrons. The number of anilines is 1. The van der Waals surface area contributed by atoms with Gasteiger partial charge in [-0.2, -0.15) is 0 Å². The van der Waals surface area contributed by atoms with Gasteiger partial charge in [0.1, 0.15) is 11.6 Å². The molecule has 1 aromatic heterocycles. The van der Waals surface area contributed by atoms with E-state index >= 15 is 0 Å². The molecule has 2 aromatic rings. The van der Waals surface area contributed by atoms with Crippen LogP contribution >= 0.6 is 23.2 Å². The van der Waals surface area contributed by atoms with Crippen molar-refractivity contribution in [2.24, 2.45) is 0 Å². The van der Waals surface area contributed by atoms with Gasteiger partial charge in [-0.15, -0.1) is 0 Å². The summed E-state index contributed by atoms with van der Waals surface area (Å²) < 4.78 is 19.4. The third-order valence-electron chi connectivity index (χ3n) is 2.79. The highest BCUT2D eigenvalue weighted by molar-refractivity contribution is 6.35. The molecule has 0 aliphatic rings. The number of benzene rings is 1. The van der Waals surface area contributed by atoms with Crippen molar-refractivity contribution in [1.29, 1.82) is 0 Å². The van der Waals surface area contributed by atoms with Crippen molar-refractivity contribution in [1.82, 2.24) is 4.98 Å². The van der Waals surface area contributed by atoms with Crippen LogP contribution in [0.4, 0.5) is 10.1 Å². The molecule has 0 atom stereocenters. The van der Waals surface area contributed by atoms with E-state index in [1.165, 1.54) is 12.1 Å². The average molecular weight is 345 g/mol. The smallest absolute Gasteiger partial charge is 0.356 e. The summed E-state index contributed by atoms with van der Waals surface area (Å²) in [5.74, 6) is -1.79. The molecule has 0 amide bonds. The second-order valence-corrected chi connectivity index (χ2v) is 5.05. The van der Waals surface area contributed by atoms with Gasteiger partial charge in [0.05, 0.1) is 28.0 Å². The lowest BCUT2D eigenvalue weighted by atomic mass is 10.1. The van der Waals surface area contributed by atoms with Crippen LogP contribution in [0.25, 0.3) is 11.3 Å². The SMILES string of the molecule is CCOc1cc(-c2cc(N)c(Cl)c(C(=O)O)n2)c(F)cc1Cl. The predicted octanol–water partition coefficient (Wildman–Crippen LogP) is 3.87. The fourth-order valence-corrected chi connectivity index (χ4v) is 2.20. The minimum absolute atomic E-state index is 0.0127. The van der Waals surface area contributed by atoms with E-state index in [2.05, 4.69) is 4.98 Å². The fraction of sp³-hybridized carbons (Fsp3) is 0.143. The Morgan fingerprint density at radius 2 is 2.09 bits per heavy atom. The predicted molar refractivity (Wildman–Crippen MR) is 82.2 cm³/mol. The first-order chi connectivity index (χ1) is 10.3. The lowest BCUT2D eigenvalue weighted by molar-refractivity contribution is 0.0691. The second-order valence-electron chi connectivity index (χ2n) is 4.26. The van der Waals surface area contributed by atoms with E-state index in [1.807, 2.05) is 0 Å². The Hall–Kier alpha value is -2.05. The zero-order valence-electron chi connectivity index (χ0n) is 11.4. The van der Waals surface area contributed by atoms with Gasteiger partial charge < -0.3 is 15.6 Å². The van der Waals surface area contributed by atoms with Gasteiger partial charge in [-0.05, 0) is 25.1 Å². The van der Waals surface area contributed by atoms with Gasteiger partial charge in [-0.3, -0.25) is 0 Å². The van der Waals surface area contributed by atoms with E-state index in [9.17, 15) is 9.18 Å². The molecule has 0 aliphatic carbocycles. The molecule has 2 rings (SSSR count). The number of nitrogens with two attached hydrogens (primary N) is 1. The number of hydrogen-bond acceptors (Lipinski definition) is 4. The van der Waals surface area contributed by atoms with Crippen LogP contribution < -0.4 is 10.5 Å². The Bertz CT molecular complexity index is 753. The van der Waals surface area contributed by atoms with Crippen molar-refractivity contribution in [2.75, 3.05) is 12.3 Å². The summed E-state index contributed by atoms with van der Waals surface area (Å²) in [4.78, 5) is 15.0. The van der Waals surface area contributed by atoms with Crippen LogP contribution in [0.2, 0.25) is 10.0 Å². The Morgan fingerprint density at radius 1 is 1.41 bits per heavy atom. The van der Waals surface area contributed by atoms with Crippen molar-refractivity contribution < 1.29 is 19.0 Å². The van der Waals surface area contributed by atoms with Crippen molar-refractivity contribution >= 4 is 34.9 Å². The third-order valence-corrected chi connectivity index (χ3v) is 3.48. The first kappa shape index (κ1) is 16.3. The summed E-state index contributed by atoms with van der Waals surface area (Å²) in [6, 6.07) is 3.69. The molecule has 1 heterocycles. The van der Waals surface area contributed by atoms with Crippen molar-refractivity contribution in [3.05, 3.63) is 39.8 Å². The summed E-state index contributed by atoms with van der Waals surface area (Å²) in [7, 11) is 0. The molecule has 0 saturated heterocycles. The minimum atomic E-state index is -1.36. The van der Waals surface area contributed by atoms with Crippen molar-refractivity contribution in [2.45, 2.75) is 6.92 Å². The summed E-state index contributed by atoms with van der Waals surface area (Å²) >= 11 is 11.7. The van der Waals surface area contributed by atoms with Crippen molar-refractivity contribution in [3.8, 4) is 17.0 Å². The normalized spacial score (nSPS) is 10.5. The first-order valence-corrected chi connectivity index (χ1v) is 6.92. The highest BCUT2D eigenvalue weighted by atomic mass is 35.5. The Morgan fingerprint density at radius 3 is 2.68 bits per heavy atom. The zero-order chi connectivity index (χ0) is 16.4. The largest absolute Gasteiger partial charge is 0.492 e. The van der Waals surface area contributed by atoms with E-state index in [4.69, 9.17) is 38.8 Å². The van der Waals surface area contributed by atoms with Gasteiger partial charge in [0, 0.05) is 5.56 Å². The maximum absolute atomic E-state index is 14.1. The summed E-state index contributed by atoms with van der Waals surface area (Å²) in [5, 5.41) is 8.97. The van der Waals surface area contributed by atoms with E-state index in [0.29, 0.717) is 6.61 Å². The number of pyridine rings is 1. The Balaban J connectivity index is 2.66. The van der Waals surface area contributed by atoms with Gasteiger partial charge in [-0.25, -0.2) is 14.2 Å². The Kier molecular flexibility index (Phi) is 4.73. The quantitative estimate of drug-likeness (QED) is 0.879. The van der Waals surface area contributed by atoms with E-state index < -0.39 is 17.5 Å². The molecule has 0 bridgehead atoms. The maximum atomic E-state index is 14.1. The monoisotopic (exact) mass is 344 g/mol. The molecule has 8 heteroatoms. The number of nitrogen functional groups attached to an aromatic ring is 1. The number of ether oxygens (including phenoxy) is 1. The van der Waals surface area contributed by atoms with Gasteiger partial charge in [0.2, 0.25) is 0 Å². The highest BCUT2D eigenvalue weighted by Crippen LogP contribution is 2.35. The van der Waals surface area contributed by atoms with Gasteiger partial charge in [0.15, 0.2) is 5.69 Å². The number of nitrogens with zero attached hydrogens (tertiary/aromatic N) is 1. The topological polar surface area (TPSA) is 85.4 Å². The third kappa shape index (κ3) is 3.08. The van der Waals surface area contributed by atoms with E-state index in [0.717, 1.165) is 6.07 Å². The Labute approximate surface area is 135 Å². The molecule has 0 saturated carbocycles. The molecule has 0 aliphatic heterocycles. The van der Waals surface area contributed by atoms with Crippen molar-refractivity contribution in [3.63, 3.8) is 0 Å². The number of carboxylic acids is 1. The molecule has 22 heavy (non-hydrogen) atoms. The maximum Gasteiger partial charge on any atom is 0.356 e. The number of halogens is 3. The van der Waals surface area contributed by atoms with Crippen LogP contribution in [0.3, 0.4) is 0 Å². The molecule has 0 spiro atoms. The average Bonchev–Trinajstić information content (AvgIpc) is 2.44. The number of rotatable bonds is 4. The number of aromatic carboxylic acids is 1. The lowest BCUT2D eigenvalue weighted by Gasteiger charge is -2.11. The molecule has 5 nitrogen and oxygen atoms in total. The summed E-state index contributed by atoms with van der Waals surface area (Å²) in [5.41, 5.74) is 5.22. The number of aromatic nitrogens is 1. The minimum Gasteiger partial charge on any atom is -0.492 e. The van der Waals surface area contributed by atoms with Crippen LogP contribution in [0.1, 0.15) is 17.4 Å².